The second-order valence-electron chi connectivity index (χ2n) is 3.10. The molecule has 0 atom stereocenters. The average molecular weight is 194 g/mol. The first-order valence-electron chi connectivity index (χ1n) is 4.27. The Morgan fingerprint density at radius 3 is 3.07 bits per heavy atom. The second-order valence-corrected chi connectivity index (χ2v) is 3.10. The van der Waals surface area contributed by atoms with Gasteiger partial charge in [0.1, 0.15) is 5.82 Å². The third kappa shape index (κ3) is 1.59. The van der Waals surface area contributed by atoms with Crippen LogP contribution in [0.15, 0.2) is 6.20 Å². The summed E-state index contributed by atoms with van der Waals surface area (Å²) in [5.41, 5.74) is 0.742. The number of nitrogens with zero attached hydrogens (tertiary/aromatic N) is 3. The summed E-state index contributed by atoms with van der Waals surface area (Å²) < 4.78 is 1.69. The number of carboxylic acid groups (broad SMARTS) is 1. The van der Waals surface area contributed by atoms with Crippen LogP contribution in [0.25, 0.3) is 5.78 Å². The Bertz CT molecular complexity index is 439. The van der Waals surface area contributed by atoms with Gasteiger partial charge >= 0.3 is 5.97 Å². The molecular weight excluding hydrogens is 184 g/mol. The zero-order chi connectivity index (χ0) is 10.1. The van der Waals surface area contributed by atoms with E-state index >= 15 is 0 Å². The first-order chi connectivity index (χ1) is 6.65. The lowest BCUT2D eigenvalue weighted by atomic mass is 10.2. The minimum absolute atomic E-state index is 0.0964. The van der Waals surface area contributed by atoms with Gasteiger partial charge in [-0.25, -0.2) is 9.50 Å². The molecule has 14 heavy (non-hydrogen) atoms. The van der Waals surface area contributed by atoms with Crippen LogP contribution in [-0.2, 0) is 11.2 Å². The van der Waals surface area contributed by atoms with Crippen molar-refractivity contribution < 1.29 is 9.90 Å². The van der Waals surface area contributed by atoms with Crippen LogP contribution < -0.4 is 0 Å². The Morgan fingerprint density at radius 2 is 2.43 bits per heavy atom. The van der Waals surface area contributed by atoms with Crippen molar-refractivity contribution in [3.63, 3.8) is 0 Å². The van der Waals surface area contributed by atoms with E-state index in [0.717, 1.165) is 11.5 Å². The quantitative estimate of drug-likeness (QED) is 0.740. The summed E-state index contributed by atoms with van der Waals surface area (Å²) in [6.45, 7) is 1.84. The highest BCUT2D eigenvalue weighted by Gasteiger charge is 2.06. The highest BCUT2D eigenvalue weighted by Crippen LogP contribution is 2.04. The highest BCUT2D eigenvalue weighted by atomic mass is 16.4. The number of aromatic amines is 1. The Balaban J connectivity index is 2.19. The van der Waals surface area contributed by atoms with Gasteiger partial charge in [-0.3, -0.25) is 9.89 Å². The number of carboxylic acids is 1. The standard InChI is InChI=1S/C8H10N4O2/c1-5-9-8-10-6(2-3-7(13)14)4-12(8)11-5/h4H,2-3H2,1H3,(H,13,14)(H,9,10,11). The molecule has 2 N–H and O–H groups in total. The Labute approximate surface area is 79.6 Å². The number of aryl methyl sites for hydroxylation is 2. The number of hydrogen-bond donors (Lipinski definition) is 2. The molecule has 0 aliphatic carbocycles. The largest absolute Gasteiger partial charge is 0.481 e. The number of rotatable bonds is 3. The molecule has 74 valence electrons. The van der Waals surface area contributed by atoms with Crippen LogP contribution in [-0.4, -0.2) is 30.7 Å². The average Bonchev–Trinajstić information content (AvgIpc) is 2.57. The Hall–Kier alpha value is -1.85. The summed E-state index contributed by atoms with van der Waals surface area (Å²) in [4.78, 5) is 18.6. The highest BCUT2D eigenvalue weighted by molar-refractivity contribution is 5.67. The smallest absolute Gasteiger partial charge is 0.303 e. The van der Waals surface area contributed by atoms with Crippen molar-refractivity contribution >= 4 is 11.7 Å². The summed E-state index contributed by atoms with van der Waals surface area (Å²) in [6.07, 6.45) is 2.29. The van der Waals surface area contributed by atoms with Gasteiger partial charge in [-0.2, -0.15) is 4.98 Å². The molecule has 0 amide bonds. The first-order valence-corrected chi connectivity index (χ1v) is 4.27. The molecule has 0 fully saturated rings. The summed E-state index contributed by atoms with van der Waals surface area (Å²) in [7, 11) is 0. The number of imidazole rings is 1. The third-order valence-corrected chi connectivity index (χ3v) is 1.88. The molecule has 2 rings (SSSR count). The molecule has 0 aliphatic heterocycles. The molecule has 0 aliphatic rings. The molecule has 0 saturated carbocycles. The van der Waals surface area contributed by atoms with Crippen molar-refractivity contribution in [2.24, 2.45) is 0 Å². The fraction of sp³-hybridized carbons (Fsp3) is 0.375. The first kappa shape index (κ1) is 8.74. The van der Waals surface area contributed by atoms with Crippen LogP contribution in [0, 0.1) is 6.92 Å². The van der Waals surface area contributed by atoms with Crippen molar-refractivity contribution in [3.05, 3.63) is 17.7 Å². The molecule has 0 spiro atoms. The van der Waals surface area contributed by atoms with Crippen molar-refractivity contribution in [2.45, 2.75) is 19.8 Å². The van der Waals surface area contributed by atoms with Crippen LogP contribution in [0.2, 0.25) is 0 Å². The second kappa shape index (κ2) is 3.13. The predicted molar refractivity (Wildman–Crippen MR) is 48.0 cm³/mol. The van der Waals surface area contributed by atoms with Gasteiger partial charge in [-0.15, -0.1) is 0 Å². The molecule has 0 radical (unpaired) electrons. The lowest BCUT2D eigenvalue weighted by Gasteiger charge is -1.89. The van der Waals surface area contributed by atoms with E-state index in [1.165, 1.54) is 0 Å². The zero-order valence-corrected chi connectivity index (χ0v) is 7.69. The molecule has 0 saturated heterocycles. The molecular formula is C8H10N4O2. The fourth-order valence-electron chi connectivity index (χ4n) is 1.28. The van der Waals surface area contributed by atoms with Crippen molar-refractivity contribution in [3.8, 4) is 0 Å². The van der Waals surface area contributed by atoms with Crippen LogP contribution in [0.1, 0.15) is 17.9 Å². The Morgan fingerprint density at radius 1 is 1.64 bits per heavy atom. The van der Waals surface area contributed by atoms with Crippen LogP contribution in [0.3, 0.4) is 0 Å². The van der Waals surface area contributed by atoms with Crippen LogP contribution >= 0.6 is 0 Å². The normalized spacial score (nSPS) is 10.9. The van der Waals surface area contributed by atoms with Gasteiger partial charge in [-0.1, -0.05) is 0 Å². The van der Waals surface area contributed by atoms with E-state index < -0.39 is 5.97 Å². The lowest BCUT2D eigenvalue weighted by Crippen LogP contribution is -1.97. The number of fused-ring (bicyclic) bond motifs is 1. The minimum Gasteiger partial charge on any atom is -0.481 e. The van der Waals surface area contributed by atoms with Gasteiger partial charge in [-0.05, 0) is 6.92 Å². The summed E-state index contributed by atoms with van der Waals surface area (Å²) >= 11 is 0. The van der Waals surface area contributed by atoms with Gasteiger partial charge < -0.3 is 5.11 Å². The number of aliphatic carboxylic acids is 1. The molecule has 0 aromatic carbocycles. The summed E-state index contributed by atoms with van der Waals surface area (Å²) in [6, 6.07) is 0. The van der Waals surface area contributed by atoms with Crippen molar-refractivity contribution in [1.82, 2.24) is 19.6 Å². The molecule has 2 aromatic heterocycles. The van der Waals surface area contributed by atoms with E-state index in [9.17, 15) is 4.79 Å². The molecule has 0 bridgehead atoms. The molecule has 2 heterocycles. The van der Waals surface area contributed by atoms with E-state index in [0.29, 0.717) is 12.2 Å². The molecule has 0 unspecified atom stereocenters. The fourth-order valence-corrected chi connectivity index (χ4v) is 1.28. The predicted octanol–water partition coefficient (Wildman–Crippen LogP) is 0.383. The number of aromatic nitrogens is 4. The number of H-pyrrole nitrogens is 1. The van der Waals surface area contributed by atoms with E-state index in [1.807, 2.05) is 6.92 Å². The minimum atomic E-state index is -0.814. The topological polar surface area (TPSA) is 83.3 Å². The Kier molecular flexibility index (Phi) is 1.95. The van der Waals surface area contributed by atoms with Gasteiger partial charge in [0.2, 0.25) is 0 Å². The van der Waals surface area contributed by atoms with E-state index in [-0.39, 0.29) is 6.42 Å². The number of hydrogen-bond acceptors (Lipinski definition) is 3. The summed E-state index contributed by atoms with van der Waals surface area (Å²) in [5, 5.41) is 11.4. The third-order valence-electron chi connectivity index (χ3n) is 1.88. The monoisotopic (exact) mass is 194 g/mol. The molecule has 6 nitrogen and oxygen atoms in total. The van der Waals surface area contributed by atoms with E-state index in [1.54, 1.807) is 10.7 Å². The summed E-state index contributed by atoms with van der Waals surface area (Å²) in [5.74, 6) is 0.561. The van der Waals surface area contributed by atoms with Gasteiger partial charge in [0, 0.05) is 6.42 Å². The molecule has 2 aromatic rings. The number of carbonyl (C=O) groups is 1. The van der Waals surface area contributed by atoms with Gasteiger partial charge in [0.15, 0.2) is 0 Å². The zero-order valence-electron chi connectivity index (χ0n) is 7.69. The van der Waals surface area contributed by atoms with E-state index in [4.69, 9.17) is 5.11 Å². The maximum absolute atomic E-state index is 10.3. The lowest BCUT2D eigenvalue weighted by molar-refractivity contribution is -0.136. The van der Waals surface area contributed by atoms with Gasteiger partial charge in [0.25, 0.3) is 5.78 Å². The number of nitrogens with one attached hydrogen (secondary N) is 1. The maximum Gasteiger partial charge on any atom is 0.303 e. The van der Waals surface area contributed by atoms with Gasteiger partial charge in [0.05, 0.1) is 18.3 Å². The van der Waals surface area contributed by atoms with Crippen molar-refractivity contribution in [1.29, 1.82) is 0 Å². The maximum atomic E-state index is 10.3. The van der Waals surface area contributed by atoms with Crippen LogP contribution in [0.5, 0.6) is 0 Å². The van der Waals surface area contributed by atoms with E-state index in [2.05, 4.69) is 15.1 Å². The van der Waals surface area contributed by atoms with Crippen molar-refractivity contribution in [2.75, 3.05) is 0 Å². The SMILES string of the molecule is Cc1nc2nc(CCC(=O)O)cn2[nH]1. The molecule has 6 heteroatoms. The van der Waals surface area contributed by atoms with Crippen LogP contribution in [0.4, 0.5) is 0 Å².